The summed E-state index contributed by atoms with van der Waals surface area (Å²) in [5.74, 6) is -0.474. The molecule has 1 amide bonds. The maximum Gasteiger partial charge on any atom is 0.409 e. The number of nitrogens with one attached hydrogen (secondary N) is 1. The third-order valence-electron chi connectivity index (χ3n) is 4.39. The summed E-state index contributed by atoms with van der Waals surface area (Å²) in [5, 5.41) is 11.6. The van der Waals surface area contributed by atoms with E-state index < -0.39 is 23.7 Å². The van der Waals surface area contributed by atoms with Crippen LogP contribution >= 0.6 is 0 Å². The molecule has 1 fully saturated rings. The van der Waals surface area contributed by atoms with Gasteiger partial charge in [0.15, 0.2) is 6.04 Å². The second kappa shape index (κ2) is 5.74. The maximum absolute atomic E-state index is 13.9. The van der Waals surface area contributed by atoms with Crippen LogP contribution in [0, 0.1) is 11.3 Å². The molecule has 1 atom stereocenters. The number of hydrogen-bond donors (Lipinski definition) is 1. The van der Waals surface area contributed by atoms with Crippen LogP contribution in [0.25, 0.3) is 10.8 Å². The Balaban J connectivity index is 2.23. The molecule has 2 aromatic rings. The van der Waals surface area contributed by atoms with E-state index in [-0.39, 0.29) is 17.5 Å². The van der Waals surface area contributed by atoms with Crippen molar-refractivity contribution in [1.29, 1.82) is 5.26 Å². The molecule has 0 aromatic heterocycles. The summed E-state index contributed by atoms with van der Waals surface area (Å²) in [6, 6.07) is 9.51. The molecular formula is C18H16F3N3O. The largest absolute Gasteiger partial charge is 0.409 e. The van der Waals surface area contributed by atoms with Crippen LogP contribution in [0.5, 0.6) is 0 Å². The standard InChI is InChI=1S/C18H16F3N3O/c1-17(2)9-15(25)23-24(17)16(18(19,20)21)14-8-12-6-4-3-5-11(12)7-13(14)10-22/h3-8,16H,9H2,1-2H3,(H,23,25)/t16-/m0/s1. The van der Waals surface area contributed by atoms with Gasteiger partial charge in [0.05, 0.1) is 11.6 Å². The highest BCUT2D eigenvalue weighted by molar-refractivity contribution is 5.85. The lowest BCUT2D eigenvalue weighted by atomic mass is 9.92. The van der Waals surface area contributed by atoms with Gasteiger partial charge in [-0.2, -0.15) is 23.4 Å². The summed E-state index contributed by atoms with van der Waals surface area (Å²) in [4.78, 5) is 11.7. The molecule has 7 heteroatoms. The van der Waals surface area contributed by atoms with Crippen LogP contribution in [0.2, 0.25) is 0 Å². The van der Waals surface area contributed by atoms with Crippen molar-refractivity contribution < 1.29 is 18.0 Å². The number of nitrogens with zero attached hydrogens (tertiary/aromatic N) is 2. The van der Waals surface area contributed by atoms with Gasteiger partial charge >= 0.3 is 6.18 Å². The Morgan fingerprint density at radius 1 is 1.24 bits per heavy atom. The Hall–Kier alpha value is -2.59. The number of hydrazine groups is 1. The molecule has 0 unspecified atom stereocenters. The van der Waals surface area contributed by atoms with Crippen molar-refractivity contribution in [2.24, 2.45) is 0 Å². The summed E-state index contributed by atoms with van der Waals surface area (Å²) in [5.41, 5.74) is 1.06. The number of nitriles is 1. The van der Waals surface area contributed by atoms with Gasteiger partial charge < -0.3 is 0 Å². The number of hydrogen-bond acceptors (Lipinski definition) is 3. The van der Waals surface area contributed by atoms with Gasteiger partial charge in [-0.15, -0.1) is 0 Å². The van der Waals surface area contributed by atoms with Crippen LogP contribution < -0.4 is 5.43 Å². The van der Waals surface area contributed by atoms with Gasteiger partial charge in [-0.25, -0.2) is 0 Å². The lowest BCUT2D eigenvalue weighted by Crippen LogP contribution is -2.51. The van der Waals surface area contributed by atoms with Crippen LogP contribution in [0.1, 0.15) is 37.4 Å². The summed E-state index contributed by atoms with van der Waals surface area (Å²) >= 11 is 0. The molecule has 1 heterocycles. The molecule has 3 rings (SSSR count). The van der Waals surface area contributed by atoms with Gasteiger partial charge in [0, 0.05) is 12.0 Å². The maximum atomic E-state index is 13.9. The molecule has 130 valence electrons. The fraction of sp³-hybridized carbons (Fsp3) is 0.333. The SMILES string of the molecule is CC1(C)CC(=O)NN1[C@@H](c1cc2ccccc2cc1C#N)C(F)(F)F. The molecule has 2 aromatic carbocycles. The lowest BCUT2D eigenvalue weighted by Gasteiger charge is -2.38. The molecule has 1 saturated heterocycles. The van der Waals surface area contributed by atoms with E-state index >= 15 is 0 Å². The summed E-state index contributed by atoms with van der Waals surface area (Å²) in [6.45, 7) is 3.13. The van der Waals surface area contributed by atoms with Gasteiger partial charge in [0.1, 0.15) is 0 Å². The molecular weight excluding hydrogens is 331 g/mol. The van der Waals surface area contributed by atoms with Gasteiger partial charge in [0.25, 0.3) is 0 Å². The third kappa shape index (κ3) is 3.05. The van der Waals surface area contributed by atoms with E-state index in [1.807, 2.05) is 6.07 Å². The molecule has 0 radical (unpaired) electrons. The van der Waals surface area contributed by atoms with E-state index in [1.54, 1.807) is 38.1 Å². The quantitative estimate of drug-likeness (QED) is 0.898. The number of rotatable bonds is 2. The van der Waals surface area contributed by atoms with Crippen LogP contribution in [-0.2, 0) is 4.79 Å². The zero-order valence-corrected chi connectivity index (χ0v) is 13.7. The Morgan fingerprint density at radius 2 is 1.84 bits per heavy atom. The summed E-state index contributed by atoms with van der Waals surface area (Å²) in [7, 11) is 0. The van der Waals surface area contributed by atoms with Crippen molar-refractivity contribution in [3.8, 4) is 6.07 Å². The first kappa shape index (κ1) is 17.2. The van der Waals surface area contributed by atoms with Crippen molar-refractivity contribution in [2.75, 3.05) is 0 Å². The minimum Gasteiger partial charge on any atom is -0.287 e. The predicted molar refractivity (Wildman–Crippen MR) is 86.1 cm³/mol. The average molecular weight is 347 g/mol. The number of benzene rings is 2. The van der Waals surface area contributed by atoms with Gasteiger partial charge in [-0.05, 0) is 42.3 Å². The number of fused-ring (bicyclic) bond motifs is 1. The lowest BCUT2D eigenvalue weighted by molar-refractivity contribution is -0.203. The molecule has 0 aliphatic carbocycles. The van der Waals surface area contributed by atoms with E-state index in [2.05, 4.69) is 5.43 Å². The van der Waals surface area contributed by atoms with Crippen molar-refractivity contribution in [1.82, 2.24) is 10.4 Å². The number of halogens is 3. The smallest absolute Gasteiger partial charge is 0.287 e. The minimum atomic E-state index is -4.66. The van der Waals surface area contributed by atoms with E-state index in [4.69, 9.17) is 0 Å². The van der Waals surface area contributed by atoms with E-state index in [0.29, 0.717) is 10.8 Å². The number of carbonyl (C=O) groups excluding carboxylic acids is 1. The van der Waals surface area contributed by atoms with Gasteiger partial charge in [-0.1, -0.05) is 24.3 Å². The second-order valence-corrected chi connectivity index (χ2v) is 6.74. The highest BCUT2D eigenvalue weighted by atomic mass is 19.4. The first-order valence-corrected chi connectivity index (χ1v) is 7.72. The van der Waals surface area contributed by atoms with Crippen molar-refractivity contribution in [3.05, 3.63) is 47.5 Å². The molecule has 25 heavy (non-hydrogen) atoms. The third-order valence-corrected chi connectivity index (χ3v) is 4.39. The molecule has 0 spiro atoms. The van der Waals surface area contributed by atoms with Gasteiger partial charge in [0.2, 0.25) is 5.91 Å². The average Bonchev–Trinajstić information content (AvgIpc) is 2.77. The van der Waals surface area contributed by atoms with Crippen LogP contribution in [0.3, 0.4) is 0 Å². The van der Waals surface area contributed by atoms with Crippen LogP contribution in [-0.4, -0.2) is 22.6 Å². The molecule has 1 N–H and O–H groups in total. The summed E-state index contributed by atoms with van der Waals surface area (Å²) in [6.07, 6.45) is -4.71. The number of alkyl halides is 3. The molecule has 0 saturated carbocycles. The monoisotopic (exact) mass is 347 g/mol. The van der Waals surface area contributed by atoms with E-state index in [1.165, 1.54) is 12.1 Å². The summed E-state index contributed by atoms with van der Waals surface area (Å²) < 4.78 is 41.8. The normalized spacial score (nSPS) is 18.8. The molecule has 4 nitrogen and oxygen atoms in total. The molecule has 1 aliphatic rings. The molecule has 1 aliphatic heterocycles. The zero-order valence-electron chi connectivity index (χ0n) is 13.7. The fourth-order valence-corrected chi connectivity index (χ4v) is 3.26. The fourth-order valence-electron chi connectivity index (χ4n) is 3.26. The highest BCUT2D eigenvalue weighted by Gasteiger charge is 2.53. The van der Waals surface area contributed by atoms with Crippen LogP contribution in [0.4, 0.5) is 13.2 Å². The van der Waals surface area contributed by atoms with E-state index in [0.717, 1.165) is 5.01 Å². The number of amides is 1. The van der Waals surface area contributed by atoms with Crippen molar-refractivity contribution in [3.63, 3.8) is 0 Å². The Bertz CT molecular complexity index is 883. The number of carbonyl (C=O) groups is 1. The first-order chi connectivity index (χ1) is 11.6. The zero-order chi connectivity index (χ0) is 18.4. The highest BCUT2D eigenvalue weighted by Crippen LogP contribution is 2.44. The van der Waals surface area contributed by atoms with Gasteiger partial charge in [-0.3, -0.25) is 10.2 Å². The van der Waals surface area contributed by atoms with Crippen LogP contribution in [0.15, 0.2) is 36.4 Å². The predicted octanol–water partition coefficient (Wildman–Crippen LogP) is 3.83. The Morgan fingerprint density at radius 3 is 2.32 bits per heavy atom. The first-order valence-electron chi connectivity index (χ1n) is 7.72. The second-order valence-electron chi connectivity index (χ2n) is 6.74. The Labute approximate surface area is 142 Å². The molecule has 0 bridgehead atoms. The van der Waals surface area contributed by atoms with Crippen molar-refractivity contribution >= 4 is 16.7 Å². The Kier molecular flexibility index (Phi) is 3.96. The topological polar surface area (TPSA) is 56.1 Å². The minimum absolute atomic E-state index is 0.0466. The van der Waals surface area contributed by atoms with Crippen molar-refractivity contribution in [2.45, 2.75) is 38.0 Å². The van der Waals surface area contributed by atoms with E-state index in [9.17, 15) is 23.2 Å².